The third-order valence-electron chi connectivity index (χ3n) is 4.70. The molecule has 2 saturated heterocycles. The van der Waals surface area contributed by atoms with Gasteiger partial charge in [-0.2, -0.15) is 24.9 Å². The Morgan fingerprint density at radius 1 is 1.12 bits per heavy atom. The van der Waals surface area contributed by atoms with Crippen LogP contribution in [0.15, 0.2) is 24.3 Å². The highest BCUT2D eigenvalue weighted by molar-refractivity contribution is 7.99. The number of benzene rings is 1. The van der Waals surface area contributed by atoms with Crippen LogP contribution < -0.4 is 5.32 Å². The number of carbonyl (C=O) groups is 1. The Labute approximate surface area is 149 Å². The number of amides is 2. The van der Waals surface area contributed by atoms with Crippen LogP contribution in [0.4, 0.5) is 23.7 Å². The molecule has 0 aromatic heterocycles. The van der Waals surface area contributed by atoms with Crippen LogP contribution in [0.3, 0.4) is 0 Å². The SMILES string of the molecule is O=C(Nc1ccc(C(F)(F)F)cc1)N1CCCN(C2CCSC2)CC1. The lowest BCUT2D eigenvalue weighted by atomic mass is 10.2. The molecule has 8 heteroatoms. The molecule has 3 rings (SSSR count). The molecule has 1 N–H and O–H groups in total. The number of carbonyl (C=O) groups excluding carboxylic acids is 1. The largest absolute Gasteiger partial charge is 0.416 e. The molecule has 2 amide bonds. The predicted octanol–water partition coefficient (Wildman–Crippen LogP) is 3.75. The molecule has 1 aromatic rings. The summed E-state index contributed by atoms with van der Waals surface area (Å²) in [6.45, 7) is 3.16. The van der Waals surface area contributed by atoms with Crippen molar-refractivity contribution in [3.63, 3.8) is 0 Å². The molecular formula is C17H22F3N3OS. The molecule has 2 aliphatic heterocycles. The summed E-state index contributed by atoms with van der Waals surface area (Å²) in [6, 6.07) is 4.92. The Morgan fingerprint density at radius 2 is 1.88 bits per heavy atom. The second-order valence-corrected chi connectivity index (χ2v) is 7.55. The monoisotopic (exact) mass is 373 g/mol. The van der Waals surface area contributed by atoms with Crippen LogP contribution in [0.1, 0.15) is 18.4 Å². The zero-order valence-corrected chi connectivity index (χ0v) is 14.7. The summed E-state index contributed by atoms with van der Waals surface area (Å²) in [4.78, 5) is 16.6. The lowest BCUT2D eigenvalue weighted by molar-refractivity contribution is -0.137. The van der Waals surface area contributed by atoms with Gasteiger partial charge in [-0.05, 0) is 42.9 Å². The summed E-state index contributed by atoms with van der Waals surface area (Å²) in [5.74, 6) is 2.37. The van der Waals surface area contributed by atoms with Gasteiger partial charge in [-0.15, -0.1) is 0 Å². The number of urea groups is 1. The smallest absolute Gasteiger partial charge is 0.323 e. The molecule has 1 atom stereocenters. The van der Waals surface area contributed by atoms with E-state index in [4.69, 9.17) is 0 Å². The van der Waals surface area contributed by atoms with E-state index in [1.165, 1.54) is 24.3 Å². The normalized spacial score (nSPS) is 22.7. The van der Waals surface area contributed by atoms with E-state index in [1.54, 1.807) is 4.90 Å². The number of alkyl halides is 3. The van der Waals surface area contributed by atoms with Gasteiger partial charge in [-0.25, -0.2) is 4.79 Å². The number of halogens is 3. The molecule has 0 spiro atoms. The minimum absolute atomic E-state index is 0.248. The first-order valence-corrected chi connectivity index (χ1v) is 9.64. The number of anilines is 1. The summed E-state index contributed by atoms with van der Waals surface area (Å²) in [6.07, 6.45) is -2.24. The van der Waals surface area contributed by atoms with Crippen LogP contribution in [0.2, 0.25) is 0 Å². The number of nitrogens with zero attached hydrogens (tertiary/aromatic N) is 2. The van der Waals surface area contributed by atoms with Gasteiger partial charge in [0.25, 0.3) is 0 Å². The standard InChI is InChI=1S/C17H22F3N3OS/c18-17(19,20)13-2-4-14(5-3-13)21-16(24)23-8-1-7-22(9-10-23)15-6-11-25-12-15/h2-5,15H,1,6-12H2,(H,21,24). The fourth-order valence-corrected chi connectivity index (χ4v) is 4.52. The second kappa shape index (κ2) is 7.86. The van der Waals surface area contributed by atoms with Crippen LogP contribution in [-0.2, 0) is 6.18 Å². The molecule has 138 valence electrons. The summed E-state index contributed by atoms with van der Waals surface area (Å²) in [7, 11) is 0. The van der Waals surface area contributed by atoms with Gasteiger partial charge in [-0.1, -0.05) is 0 Å². The quantitative estimate of drug-likeness (QED) is 0.858. The third kappa shape index (κ3) is 4.82. The Morgan fingerprint density at radius 3 is 2.52 bits per heavy atom. The van der Waals surface area contributed by atoms with Crippen LogP contribution >= 0.6 is 11.8 Å². The second-order valence-electron chi connectivity index (χ2n) is 6.40. The molecule has 2 aliphatic rings. The van der Waals surface area contributed by atoms with E-state index >= 15 is 0 Å². The minimum Gasteiger partial charge on any atom is -0.323 e. The molecule has 4 nitrogen and oxygen atoms in total. The topological polar surface area (TPSA) is 35.6 Å². The maximum atomic E-state index is 12.6. The highest BCUT2D eigenvalue weighted by Gasteiger charge is 2.30. The summed E-state index contributed by atoms with van der Waals surface area (Å²) < 4.78 is 37.7. The van der Waals surface area contributed by atoms with Crippen molar-refractivity contribution >= 4 is 23.5 Å². The lowest BCUT2D eigenvalue weighted by Crippen LogP contribution is -2.40. The highest BCUT2D eigenvalue weighted by atomic mass is 32.2. The van der Waals surface area contributed by atoms with E-state index in [2.05, 4.69) is 10.2 Å². The van der Waals surface area contributed by atoms with Gasteiger partial charge in [0.2, 0.25) is 0 Å². The molecule has 1 unspecified atom stereocenters. The predicted molar refractivity (Wildman–Crippen MR) is 94.0 cm³/mol. The molecule has 1 aromatic carbocycles. The average molecular weight is 373 g/mol. The summed E-state index contributed by atoms with van der Waals surface area (Å²) >= 11 is 1.98. The van der Waals surface area contributed by atoms with Gasteiger partial charge < -0.3 is 10.2 Å². The van der Waals surface area contributed by atoms with Gasteiger partial charge in [0.15, 0.2) is 0 Å². The molecule has 0 saturated carbocycles. The number of thioether (sulfide) groups is 1. The van der Waals surface area contributed by atoms with E-state index in [1.807, 2.05) is 11.8 Å². The minimum atomic E-state index is -4.37. The van der Waals surface area contributed by atoms with Crippen LogP contribution in [-0.4, -0.2) is 59.6 Å². The van der Waals surface area contributed by atoms with Crippen molar-refractivity contribution in [2.45, 2.75) is 25.1 Å². The van der Waals surface area contributed by atoms with E-state index in [9.17, 15) is 18.0 Å². The Hall–Kier alpha value is -1.41. The third-order valence-corrected chi connectivity index (χ3v) is 5.85. The van der Waals surface area contributed by atoms with Crippen LogP contribution in [0, 0.1) is 0 Å². The molecule has 0 radical (unpaired) electrons. The number of hydrogen-bond acceptors (Lipinski definition) is 3. The molecule has 2 heterocycles. The van der Waals surface area contributed by atoms with E-state index in [-0.39, 0.29) is 6.03 Å². The molecule has 0 bridgehead atoms. The molecule has 0 aliphatic carbocycles. The Bertz CT molecular complexity index is 588. The van der Waals surface area contributed by atoms with Crippen molar-refractivity contribution in [2.24, 2.45) is 0 Å². The van der Waals surface area contributed by atoms with Gasteiger partial charge in [0.1, 0.15) is 0 Å². The van der Waals surface area contributed by atoms with Crippen molar-refractivity contribution in [3.05, 3.63) is 29.8 Å². The van der Waals surface area contributed by atoms with E-state index < -0.39 is 11.7 Å². The van der Waals surface area contributed by atoms with Crippen molar-refractivity contribution in [2.75, 3.05) is 43.0 Å². The summed E-state index contributed by atoms with van der Waals surface area (Å²) in [5.41, 5.74) is -0.336. The fourth-order valence-electron chi connectivity index (χ4n) is 3.26. The zero-order valence-electron chi connectivity index (χ0n) is 13.9. The van der Waals surface area contributed by atoms with E-state index in [0.29, 0.717) is 24.8 Å². The average Bonchev–Trinajstić information content (AvgIpc) is 2.99. The Balaban J connectivity index is 1.54. The van der Waals surface area contributed by atoms with Gasteiger partial charge in [-0.3, -0.25) is 4.90 Å². The first kappa shape index (κ1) is 18.4. The van der Waals surface area contributed by atoms with Gasteiger partial charge >= 0.3 is 12.2 Å². The van der Waals surface area contributed by atoms with Crippen molar-refractivity contribution in [1.82, 2.24) is 9.80 Å². The van der Waals surface area contributed by atoms with E-state index in [0.717, 1.165) is 37.4 Å². The number of rotatable bonds is 2. The first-order chi connectivity index (χ1) is 11.9. The summed E-state index contributed by atoms with van der Waals surface area (Å²) in [5, 5.41) is 2.70. The maximum absolute atomic E-state index is 12.6. The first-order valence-electron chi connectivity index (χ1n) is 8.48. The molecular weight excluding hydrogens is 351 g/mol. The molecule has 2 fully saturated rings. The fraction of sp³-hybridized carbons (Fsp3) is 0.588. The number of nitrogens with one attached hydrogen (secondary N) is 1. The van der Waals surface area contributed by atoms with Crippen LogP contribution in [0.25, 0.3) is 0 Å². The highest BCUT2D eigenvalue weighted by Crippen LogP contribution is 2.30. The van der Waals surface area contributed by atoms with Crippen molar-refractivity contribution in [3.8, 4) is 0 Å². The van der Waals surface area contributed by atoms with Crippen molar-refractivity contribution < 1.29 is 18.0 Å². The zero-order chi connectivity index (χ0) is 17.9. The lowest BCUT2D eigenvalue weighted by Gasteiger charge is -2.26. The maximum Gasteiger partial charge on any atom is 0.416 e. The Kier molecular flexibility index (Phi) is 5.78. The van der Waals surface area contributed by atoms with Crippen molar-refractivity contribution in [1.29, 1.82) is 0 Å². The van der Waals surface area contributed by atoms with Gasteiger partial charge in [0, 0.05) is 43.7 Å². The molecule has 25 heavy (non-hydrogen) atoms. The van der Waals surface area contributed by atoms with Crippen LogP contribution in [0.5, 0.6) is 0 Å². The van der Waals surface area contributed by atoms with Gasteiger partial charge in [0.05, 0.1) is 5.56 Å². The number of hydrogen-bond donors (Lipinski definition) is 1.